The van der Waals surface area contributed by atoms with Gasteiger partial charge in [-0.25, -0.2) is 12.8 Å². The Kier molecular flexibility index (Phi) is 5.03. The van der Waals surface area contributed by atoms with E-state index in [1.54, 1.807) is 19.9 Å². The van der Waals surface area contributed by atoms with Gasteiger partial charge in [-0.05, 0) is 38.1 Å². The maximum Gasteiger partial charge on any atom is 0.257 e. The summed E-state index contributed by atoms with van der Waals surface area (Å²) in [5, 5.41) is 3.76. The summed E-state index contributed by atoms with van der Waals surface area (Å²) in [6.07, 6.45) is 0. The van der Waals surface area contributed by atoms with Crippen molar-refractivity contribution in [3.8, 4) is 0 Å². The van der Waals surface area contributed by atoms with E-state index in [2.05, 4.69) is 10.5 Å². The van der Waals surface area contributed by atoms with Gasteiger partial charge in [0, 0.05) is 5.69 Å². The number of hydrogen-bond acceptors (Lipinski definition) is 4. The number of hydrogen-bond donors (Lipinski definition) is 2. The van der Waals surface area contributed by atoms with Crippen molar-refractivity contribution in [3.63, 3.8) is 0 Å². The summed E-state index contributed by atoms with van der Waals surface area (Å²) in [6.45, 7) is 3.41. The summed E-state index contributed by atoms with van der Waals surface area (Å²) in [5.74, 6) is -1.34. The first-order chi connectivity index (χ1) is 10.7. The minimum Gasteiger partial charge on any atom is -0.276 e. The lowest BCUT2D eigenvalue weighted by atomic mass is 10.3. The lowest BCUT2D eigenvalue weighted by Crippen LogP contribution is -2.43. The predicted molar refractivity (Wildman–Crippen MR) is 81.6 cm³/mol. The summed E-state index contributed by atoms with van der Waals surface area (Å²) in [6, 6.07) is 4.70. The second-order valence-corrected chi connectivity index (χ2v) is 6.90. The molecule has 0 saturated heterocycles. The average molecular weight is 361 g/mol. The van der Waals surface area contributed by atoms with Crippen molar-refractivity contribution < 1.29 is 17.6 Å². The monoisotopic (exact) mass is 360 g/mol. The number of rotatable bonds is 5. The molecule has 0 saturated carbocycles. The van der Waals surface area contributed by atoms with Crippen LogP contribution in [0.2, 0.25) is 5.02 Å². The molecule has 2 aromatic rings. The third kappa shape index (κ3) is 4.27. The van der Waals surface area contributed by atoms with E-state index in [1.807, 2.05) is 4.83 Å². The molecule has 10 heteroatoms. The molecule has 1 heterocycles. The van der Waals surface area contributed by atoms with Crippen molar-refractivity contribution in [2.24, 2.45) is 0 Å². The number of carbonyl (C=O) groups is 1. The first-order valence-electron chi connectivity index (χ1n) is 6.46. The van der Waals surface area contributed by atoms with Crippen LogP contribution in [0.25, 0.3) is 0 Å². The second-order valence-electron chi connectivity index (χ2n) is 4.81. The van der Waals surface area contributed by atoms with Gasteiger partial charge >= 0.3 is 0 Å². The van der Waals surface area contributed by atoms with E-state index in [9.17, 15) is 17.6 Å². The van der Waals surface area contributed by atoms with Gasteiger partial charge in [0.25, 0.3) is 15.9 Å². The Morgan fingerprint density at radius 3 is 2.61 bits per heavy atom. The molecule has 0 unspecified atom stereocenters. The van der Waals surface area contributed by atoms with E-state index in [0.29, 0.717) is 0 Å². The van der Waals surface area contributed by atoms with E-state index < -0.39 is 21.7 Å². The minimum atomic E-state index is -4.05. The van der Waals surface area contributed by atoms with Gasteiger partial charge in [0.05, 0.1) is 15.6 Å². The molecule has 1 aromatic carbocycles. The van der Waals surface area contributed by atoms with Gasteiger partial charge in [-0.15, -0.1) is 4.83 Å². The Bertz CT molecular complexity index is 851. The molecule has 2 N–H and O–H groups in total. The molecule has 0 bridgehead atoms. The number of nitrogens with one attached hydrogen (secondary N) is 2. The Labute approximate surface area is 137 Å². The predicted octanol–water partition coefficient (Wildman–Crippen LogP) is 1.30. The summed E-state index contributed by atoms with van der Waals surface area (Å²) in [7, 11) is -4.05. The first kappa shape index (κ1) is 17.4. The lowest BCUT2D eigenvalue weighted by molar-refractivity contribution is -0.122. The van der Waals surface area contributed by atoms with Crippen LogP contribution in [-0.2, 0) is 21.4 Å². The highest BCUT2D eigenvalue weighted by Gasteiger charge is 2.17. The molecule has 0 fully saturated rings. The second kappa shape index (κ2) is 6.65. The lowest BCUT2D eigenvalue weighted by Gasteiger charge is -2.09. The molecule has 2 rings (SSSR count). The van der Waals surface area contributed by atoms with Crippen molar-refractivity contribution in [1.29, 1.82) is 0 Å². The van der Waals surface area contributed by atoms with E-state index in [-0.39, 0.29) is 16.5 Å². The number of hydrazine groups is 1. The Balaban J connectivity index is 2.02. The summed E-state index contributed by atoms with van der Waals surface area (Å²) >= 11 is 5.54. The van der Waals surface area contributed by atoms with Gasteiger partial charge in [0.15, 0.2) is 0 Å². The highest BCUT2D eigenvalue weighted by atomic mass is 35.5. The van der Waals surface area contributed by atoms with Crippen molar-refractivity contribution in [2.75, 3.05) is 0 Å². The normalized spacial score (nSPS) is 11.5. The number of halogens is 2. The highest BCUT2D eigenvalue weighted by molar-refractivity contribution is 7.89. The van der Waals surface area contributed by atoms with Gasteiger partial charge in [-0.1, -0.05) is 11.6 Å². The number of aromatic nitrogens is 2. The van der Waals surface area contributed by atoms with Crippen molar-refractivity contribution in [3.05, 3.63) is 46.5 Å². The first-order valence-corrected chi connectivity index (χ1v) is 8.32. The van der Waals surface area contributed by atoms with Gasteiger partial charge in [0.2, 0.25) is 0 Å². The summed E-state index contributed by atoms with van der Waals surface area (Å²) in [4.78, 5) is 13.4. The van der Waals surface area contributed by atoms with E-state index in [1.165, 1.54) is 4.68 Å². The number of carbonyl (C=O) groups excluding carboxylic acids is 1. The van der Waals surface area contributed by atoms with Crippen LogP contribution < -0.4 is 10.3 Å². The van der Waals surface area contributed by atoms with Crippen LogP contribution in [0.5, 0.6) is 0 Å². The van der Waals surface area contributed by atoms with Crippen LogP contribution in [-0.4, -0.2) is 24.1 Å². The molecule has 0 aliphatic rings. The van der Waals surface area contributed by atoms with Crippen molar-refractivity contribution >= 4 is 27.5 Å². The van der Waals surface area contributed by atoms with E-state index >= 15 is 0 Å². The molecule has 124 valence electrons. The van der Waals surface area contributed by atoms with Crippen LogP contribution in [0.3, 0.4) is 0 Å². The quantitative estimate of drug-likeness (QED) is 0.786. The number of nitrogens with zero attached hydrogens (tertiary/aromatic N) is 2. The zero-order chi connectivity index (χ0) is 17.2. The molecule has 0 aliphatic carbocycles. The third-order valence-corrected chi connectivity index (χ3v) is 4.46. The fourth-order valence-corrected chi connectivity index (χ4v) is 2.97. The van der Waals surface area contributed by atoms with Gasteiger partial charge < -0.3 is 0 Å². The van der Waals surface area contributed by atoms with Crippen LogP contribution in [0, 0.1) is 19.7 Å². The van der Waals surface area contributed by atoms with Gasteiger partial charge in [-0.3, -0.25) is 14.9 Å². The molecular formula is C13H14ClFN4O3S. The number of sulfonamides is 1. The zero-order valence-electron chi connectivity index (χ0n) is 12.3. The molecule has 0 radical (unpaired) electrons. The van der Waals surface area contributed by atoms with E-state index in [0.717, 1.165) is 29.6 Å². The highest BCUT2D eigenvalue weighted by Crippen LogP contribution is 2.18. The van der Waals surface area contributed by atoms with Crippen LogP contribution in [0.15, 0.2) is 29.2 Å². The Morgan fingerprint density at radius 1 is 1.35 bits per heavy atom. The molecule has 7 nitrogen and oxygen atoms in total. The van der Waals surface area contributed by atoms with E-state index in [4.69, 9.17) is 11.6 Å². The minimum absolute atomic E-state index is 0.146. The molecular weight excluding hydrogens is 347 g/mol. The van der Waals surface area contributed by atoms with Gasteiger partial charge in [-0.2, -0.15) is 5.10 Å². The number of benzene rings is 1. The summed E-state index contributed by atoms with van der Waals surface area (Å²) in [5.41, 5.74) is 3.58. The van der Waals surface area contributed by atoms with Crippen molar-refractivity contribution in [2.45, 2.75) is 25.3 Å². The van der Waals surface area contributed by atoms with Crippen LogP contribution in [0.4, 0.5) is 4.39 Å². The van der Waals surface area contributed by atoms with Crippen LogP contribution >= 0.6 is 11.6 Å². The van der Waals surface area contributed by atoms with Crippen LogP contribution in [0.1, 0.15) is 11.4 Å². The number of aryl methyl sites for hydroxylation is 2. The maximum absolute atomic E-state index is 13.1. The fourth-order valence-electron chi connectivity index (χ4n) is 1.84. The third-order valence-electron chi connectivity index (χ3n) is 2.92. The molecule has 0 spiro atoms. The molecule has 23 heavy (non-hydrogen) atoms. The van der Waals surface area contributed by atoms with Gasteiger partial charge in [0.1, 0.15) is 12.4 Å². The zero-order valence-corrected chi connectivity index (χ0v) is 13.9. The largest absolute Gasteiger partial charge is 0.276 e. The molecule has 0 atom stereocenters. The number of amides is 1. The topological polar surface area (TPSA) is 93.1 Å². The fraction of sp³-hybridized carbons (Fsp3) is 0.231. The standard InChI is InChI=1S/C13H14ClFN4O3S/c1-8-5-9(2)19(17-8)7-13(20)16-18-23(21,22)10-3-4-12(15)11(14)6-10/h3-6,18H,7H2,1-2H3,(H,16,20). The SMILES string of the molecule is Cc1cc(C)n(CC(=O)NNS(=O)(=O)c2ccc(F)c(Cl)c2)n1. The molecule has 1 amide bonds. The molecule has 0 aliphatic heterocycles. The smallest absolute Gasteiger partial charge is 0.257 e. The Hall–Kier alpha value is -1.97. The Morgan fingerprint density at radius 2 is 2.04 bits per heavy atom. The molecule has 1 aromatic heterocycles. The van der Waals surface area contributed by atoms with Crippen molar-refractivity contribution in [1.82, 2.24) is 20.0 Å². The summed E-state index contributed by atoms with van der Waals surface area (Å²) < 4.78 is 38.5. The maximum atomic E-state index is 13.1. The average Bonchev–Trinajstić information content (AvgIpc) is 2.77.